The summed E-state index contributed by atoms with van der Waals surface area (Å²) in [5.41, 5.74) is 0.503. The second-order valence-electron chi connectivity index (χ2n) is 3.25. The fraction of sp³-hybridized carbons (Fsp3) is 0.727. The molecule has 0 atom stereocenters. The van der Waals surface area contributed by atoms with E-state index >= 15 is 0 Å². The van der Waals surface area contributed by atoms with Gasteiger partial charge in [-0.05, 0) is 6.92 Å². The van der Waals surface area contributed by atoms with Gasteiger partial charge in [-0.2, -0.15) is 0 Å². The van der Waals surface area contributed by atoms with Crippen LogP contribution in [0.5, 0.6) is 0 Å². The molecule has 0 bridgehead atoms. The Morgan fingerprint density at radius 1 is 1.12 bits per heavy atom. The summed E-state index contributed by atoms with van der Waals surface area (Å²) in [6.45, 7) is 8.39. The molecule has 0 aromatic rings. The molecule has 5 heteroatoms. The molecule has 0 aromatic heterocycles. The number of carbonyl (C=O) groups is 1. The lowest BCUT2D eigenvalue weighted by atomic mass is 10.3. The lowest BCUT2D eigenvalue weighted by Crippen LogP contribution is -2.27. The first-order valence-electron chi connectivity index (χ1n) is 5.26. The van der Waals surface area contributed by atoms with Crippen LogP contribution in [-0.4, -0.2) is 52.6 Å². The van der Waals surface area contributed by atoms with Crippen LogP contribution in [-0.2, 0) is 19.0 Å². The van der Waals surface area contributed by atoms with Crippen molar-refractivity contribution in [3.8, 4) is 0 Å². The van der Waals surface area contributed by atoms with Gasteiger partial charge in [-0.1, -0.05) is 6.58 Å². The van der Waals surface area contributed by atoms with Crippen molar-refractivity contribution < 1.29 is 19.0 Å². The summed E-state index contributed by atoms with van der Waals surface area (Å²) in [6.07, 6.45) is 0. The summed E-state index contributed by atoms with van der Waals surface area (Å²) < 4.78 is 15.2. The zero-order valence-electron chi connectivity index (χ0n) is 10.1. The Kier molecular flexibility index (Phi) is 10.00. The zero-order valence-corrected chi connectivity index (χ0v) is 10.1. The Labute approximate surface area is 96.8 Å². The first-order chi connectivity index (χ1) is 7.68. The Balaban J connectivity index is 3.10. The minimum absolute atomic E-state index is 0.139. The van der Waals surface area contributed by atoms with Crippen LogP contribution in [0, 0.1) is 0 Å². The van der Waals surface area contributed by atoms with E-state index in [-0.39, 0.29) is 5.91 Å². The summed E-state index contributed by atoms with van der Waals surface area (Å²) in [7, 11) is 1.63. The number of rotatable bonds is 10. The third kappa shape index (κ3) is 9.64. The molecule has 1 N–H and O–H groups in total. The molecule has 94 valence electrons. The highest BCUT2D eigenvalue weighted by Crippen LogP contribution is 1.85. The molecule has 0 rings (SSSR count). The Morgan fingerprint density at radius 2 is 1.69 bits per heavy atom. The molecular weight excluding hydrogens is 210 g/mol. The highest BCUT2D eigenvalue weighted by atomic mass is 16.5. The monoisotopic (exact) mass is 231 g/mol. The predicted octanol–water partition coefficient (Wildman–Crippen LogP) is 0.358. The highest BCUT2D eigenvalue weighted by molar-refractivity contribution is 5.91. The van der Waals surface area contributed by atoms with Crippen LogP contribution in [0.1, 0.15) is 6.92 Å². The molecule has 0 radical (unpaired) electrons. The molecule has 1 amide bonds. The van der Waals surface area contributed by atoms with E-state index in [2.05, 4.69) is 11.9 Å². The van der Waals surface area contributed by atoms with Gasteiger partial charge < -0.3 is 19.5 Å². The van der Waals surface area contributed by atoms with Gasteiger partial charge in [0.2, 0.25) is 5.91 Å². The van der Waals surface area contributed by atoms with E-state index in [0.29, 0.717) is 45.2 Å². The molecule has 0 unspecified atom stereocenters. The fourth-order valence-electron chi connectivity index (χ4n) is 0.852. The Bertz CT molecular complexity index is 206. The standard InChI is InChI=1S/C11H21NO4/c1-10(2)11(13)12-4-5-15-8-9-16-7-6-14-3/h1,4-9H2,2-3H3,(H,12,13). The first-order valence-corrected chi connectivity index (χ1v) is 5.26. The van der Waals surface area contributed by atoms with Crippen LogP contribution >= 0.6 is 0 Å². The minimum atomic E-state index is -0.139. The van der Waals surface area contributed by atoms with Gasteiger partial charge >= 0.3 is 0 Å². The van der Waals surface area contributed by atoms with Crippen LogP contribution in [0.15, 0.2) is 12.2 Å². The smallest absolute Gasteiger partial charge is 0.246 e. The molecule has 0 fully saturated rings. The Morgan fingerprint density at radius 3 is 2.25 bits per heavy atom. The van der Waals surface area contributed by atoms with E-state index in [1.165, 1.54) is 0 Å². The van der Waals surface area contributed by atoms with Gasteiger partial charge in [0, 0.05) is 19.2 Å². The summed E-state index contributed by atoms with van der Waals surface area (Å²) >= 11 is 0. The summed E-state index contributed by atoms with van der Waals surface area (Å²) in [5, 5.41) is 2.67. The number of nitrogens with one attached hydrogen (secondary N) is 1. The van der Waals surface area contributed by atoms with Crippen molar-refractivity contribution in [2.24, 2.45) is 0 Å². The third-order valence-electron chi connectivity index (χ3n) is 1.72. The summed E-state index contributed by atoms with van der Waals surface area (Å²) in [5.74, 6) is -0.139. The van der Waals surface area contributed by atoms with Gasteiger partial charge in [-0.3, -0.25) is 4.79 Å². The molecular formula is C11H21NO4. The van der Waals surface area contributed by atoms with Gasteiger partial charge in [0.25, 0.3) is 0 Å². The molecule has 0 aromatic carbocycles. The molecule has 0 saturated heterocycles. The highest BCUT2D eigenvalue weighted by Gasteiger charge is 1.99. The second kappa shape index (κ2) is 10.6. The van der Waals surface area contributed by atoms with Gasteiger partial charge in [0.05, 0.1) is 33.0 Å². The van der Waals surface area contributed by atoms with Crippen LogP contribution in [0.25, 0.3) is 0 Å². The number of ether oxygens (including phenoxy) is 3. The molecule has 0 aliphatic heterocycles. The third-order valence-corrected chi connectivity index (χ3v) is 1.72. The number of carbonyl (C=O) groups excluding carboxylic acids is 1. The van der Waals surface area contributed by atoms with Crippen molar-refractivity contribution >= 4 is 5.91 Å². The van der Waals surface area contributed by atoms with Crippen LogP contribution in [0.3, 0.4) is 0 Å². The van der Waals surface area contributed by atoms with Crippen LogP contribution in [0.4, 0.5) is 0 Å². The summed E-state index contributed by atoms with van der Waals surface area (Å²) in [4.78, 5) is 11.0. The topological polar surface area (TPSA) is 56.8 Å². The van der Waals surface area contributed by atoms with Gasteiger partial charge in [-0.25, -0.2) is 0 Å². The van der Waals surface area contributed by atoms with Crippen LogP contribution in [0.2, 0.25) is 0 Å². The van der Waals surface area contributed by atoms with Crippen LogP contribution < -0.4 is 5.32 Å². The minimum Gasteiger partial charge on any atom is -0.382 e. The van der Waals surface area contributed by atoms with Gasteiger partial charge in [0.15, 0.2) is 0 Å². The van der Waals surface area contributed by atoms with Gasteiger partial charge in [0.1, 0.15) is 0 Å². The number of hydrogen-bond acceptors (Lipinski definition) is 4. The maximum atomic E-state index is 11.0. The molecule has 0 aliphatic carbocycles. The SMILES string of the molecule is C=C(C)C(=O)NCCOCCOCCOC. The maximum absolute atomic E-state index is 11.0. The largest absolute Gasteiger partial charge is 0.382 e. The molecule has 0 aliphatic rings. The van der Waals surface area contributed by atoms with Crippen molar-refractivity contribution in [2.75, 3.05) is 46.7 Å². The Hall–Kier alpha value is -0.910. The molecule has 0 saturated carbocycles. The first kappa shape index (κ1) is 15.1. The van der Waals surface area contributed by atoms with Crippen molar-refractivity contribution in [2.45, 2.75) is 6.92 Å². The van der Waals surface area contributed by atoms with Crippen molar-refractivity contribution in [3.05, 3.63) is 12.2 Å². The van der Waals surface area contributed by atoms with E-state index in [9.17, 15) is 4.79 Å². The fourth-order valence-corrected chi connectivity index (χ4v) is 0.852. The molecule has 0 heterocycles. The van der Waals surface area contributed by atoms with Gasteiger partial charge in [-0.15, -0.1) is 0 Å². The van der Waals surface area contributed by atoms with Crippen molar-refractivity contribution in [3.63, 3.8) is 0 Å². The maximum Gasteiger partial charge on any atom is 0.246 e. The molecule has 0 spiro atoms. The second-order valence-corrected chi connectivity index (χ2v) is 3.25. The van der Waals surface area contributed by atoms with Crippen molar-refractivity contribution in [1.29, 1.82) is 0 Å². The van der Waals surface area contributed by atoms with E-state index in [0.717, 1.165) is 0 Å². The predicted molar refractivity (Wildman–Crippen MR) is 61.3 cm³/mol. The average molecular weight is 231 g/mol. The van der Waals surface area contributed by atoms with E-state index < -0.39 is 0 Å². The number of amides is 1. The summed E-state index contributed by atoms with van der Waals surface area (Å²) in [6, 6.07) is 0. The lowest BCUT2D eigenvalue weighted by molar-refractivity contribution is -0.117. The van der Waals surface area contributed by atoms with E-state index in [1.54, 1.807) is 14.0 Å². The van der Waals surface area contributed by atoms with E-state index in [4.69, 9.17) is 14.2 Å². The lowest BCUT2D eigenvalue weighted by Gasteiger charge is -2.06. The van der Waals surface area contributed by atoms with E-state index in [1.807, 2.05) is 0 Å². The number of methoxy groups -OCH3 is 1. The normalized spacial score (nSPS) is 10.1. The molecule has 16 heavy (non-hydrogen) atoms. The average Bonchev–Trinajstić information content (AvgIpc) is 2.26. The quantitative estimate of drug-likeness (QED) is 0.435. The number of hydrogen-bond donors (Lipinski definition) is 1. The zero-order chi connectivity index (χ0) is 12.2. The molecule has 5 nitrogen and oxygen atoms in total. The van der Waals surface area contributed by atoms with Crippen molar-refractivity contribution in [1.82, 2.24) is 5.32 Å².